The summed E-state index contributed by atoms with van der Waals surface area (Å²) in [4.78, 5) is 13.6. The summed E-state index contributed by atoms with van der Waals surface area (Å²) in [5.74, 6) is 1.04. The van der Waals surface area contributed by atoms with Gasteiger partial charge in [-0.2, -0.15) is 0 Å². The van der Waals surface area contributed by atoms with Gasteiger partial charge >= 0.3 is 0 Å². The van der Waals surface area contributed by atoms with Crippen molar-refractivity contribution in [3.05, 3.63) is 29.3 Å². The smallest absolute Gasteiger partial charge is 0.227 e. The van der Waals surface area contributed by atoms with Crippen LogP contribution >= 0.6 is 0 Å². The SMILES string of the molecule is CN1C(=O)CCc2ccc(CC3CCNCC3)cc21. The molecule has 1 N–H and O–H groups in total. The second kappa shape index (κ2) is 5.33. The predicted molar refractivity (Wildman–Crippen MR) is 77.5 cm³/mol. The molecular formula is C16H22N2O. The Morgan fingerprint density at radius 2 is 2.05 bits per heavy atom. The largest absolute Gasteiger partial charge is 0.317 e. The highest BCUT2D eigenvalue weighted by Crippen LogP contribution is 2.29. The number of fused-ring (bicyclic) bond motifs is 1. The molecule has 2 aliphatic heterocycles. The molecule has 3 nitrogen and oxygen atoms in total. The van der Waals surface area contributed by atoms with Crippen LogP contribution in [0.4, 0.5) is 5.69 Å². The van der Waals surface area contributed by atoms with Gasteiger partial charge < -0.3 is 10.2 Å². The molecule has 1 aromatic rings. The molecule has 2 aliphatic rings. The first-order valence-electron chi connectivity index (χ1n) is 7.33. The summed E-state index contributed by atoms with van der Waals surface area (Å²) in [6.07, 6.45) is 5.23. The average molecular weight is 258 g/mol. The first-order valence-corrected chi connectivity index (χ1v) is 7.33. The monoisotopic (exact) mass is 258 g/mol. The number of rotatable bonds is 2. The van der Waals surface area contributed by atoms with Gasteiger partial charge in [0.2, 0.25) is 5.91 Å². The fraction of sp³-hybridized carbons (Fsp3) is 0.562. The van der Waals surface area contributed by atoms with Gasteiger partial charge in [0, 0.05) is 19.2 Å². The van der Waals surface area contributed by atoms with Crippen LogP contribution in [0.1, 0.15) is 30.4 Å². The molecule has 2 heterocycles. The van der Waals surface area contributed by atoms with E-state index >= 15 is 0 Å². The summed E-state index contributed by atoms with van der Waals surface area (Å²) in [5.41, 5.74) is 3.83. The van der Waals surface area contributed by atoms with Gasteiger partial charge in [0.1, 0.15) is 0 Å². The van der Waals surface area contributed by atoms with Crippen molar-refractivity contribution in [3.63, 3.8) is 0 Å². The molecular weight excluding hydrogens is 236 g/mol. The molecule has 0 unspecified atom stereocenters. The second-order valence-corrected chi connectivity index (χ2v) is 5.81. The van der Waals surface area contributed by atoms with Crippen molar-refractivity contribution < 1.29 is 4.79 Å². The highest BCUT2D eigenvalue weighted by Gasteiger charge is 2.21. The van der Waals surface area contributed by atoms with Gasteiger partial charge in [0.15, 0.2) is 0 Å². The quantitative estimate of drug-likeness (QED) is 0.881. The third-order valence-corrected chi connectivity index (χ3v) is 4.48. The Morgan fingerprint density at radius 3 is 2.84 bits per heavy atom. The molecule has 0 saturated carbocycles. The summed E-state index contributed by atoms with van der Waals surface area (Å²) in [7, 11) is 1.90. The molecule has 0 bridgehead atoms. The Bertz CT molecular complexity index is 478. The van der Waals surface area contributed by atoms with Crippen LogP contribution in [-0.4, -0.2) is 26.0 Å². The molecule has 1 fully saturated rings. The van der Waals surface area contributed by atoms with Crippen LogP contribution in [0.25, 0.3) is 0 Å². The minimum absolute atomic E-state index is 0.242. The summed E-state index contributed by atoms with van der Waals surface area (Å²) in [6, 6.07) is 6.70. The van der Waals surface area contributed by atoms with Gasteiger partial charge in [-0.15, -0.1) is 0 Å². The van der Waals surface area contributed by atoms with Crippen molar-refractivity contribution in [2.24, 2.45) is 5.92 Å². The lowest BCUT2D eigenvalue weighted by Gasteiger charge is -2.27. The van der Waals surface area contributed by atoms with Crippen molar-refractivity contribution >= 4 is 11.6 Å². The van der Waals surface area contributed by atoms with Gasteiger partial charge in [0.05, 0.1) is 0 Å². The van der Waals surface area contributed by atoms with E-state index in [1.54, 1.807) is 0 Å². The van der Waals surface area contributed by atoms with E-state index in [1.807, 2.05) is 11.9 Å². The number of hydrogen-bond acceptors (Lipinski definition) is 2. The van der Waals surface area contributed by atoms with Crippen LogP contribution in [0.5, 0.6) is 0 Å². The fourth-order valence-electron chi connectivity index (χ4n) is 3.22. The van der Waals surface area contributed by atoms with E-state index in [1.165, 1.54) is 24.0 Å². The van der Waals surface area contributed by atoms with Crippen molar-refractivity contribution in [2.45, 2.75) is 32.1 Å². The van der Waals surface area contributed by atoms with Crippen LogP contribution in [0.3, 0.4) is 0 Å². The Morgan fingerprint density at radius 1 is 1.26 bits per heavy atom. The Kier molecular flexibility index (Phi) is 3.56. The molecule has 0 radical (unpaired) electrons. The lowest BCUT2D eigenvalue weighted by atomic mass is 9.89. The van der Waals surface area contributed by atoms with Gasteiger partial charge in [-0.05, 0) is 61.9 Å². The van der Waals surface area contributed by atoms with E-state index in [9.17, 15) is 4.79 Å². The number of hydrogen-bond donors (Lipinski definition) is 1. The van der Waals surface area contributed by atoms with Crippen LogP contribution in [0.15, 0.2) is 18.2 Å². The van der Waals surface area contributed by atoms with Gasteiger partial charge in [-0.25, -0.2) is 0 Å². The molecule has 0 aliphatic carbocycles. The van der Waals surface area contributed by atoms with Gasteiger partial charge in [-0.1, -0.05) is 12.1 Å². The zero-order chi connectivity index (χ0) is 13.2. The first kappa shape index (κ1) is 12.7. The number of nitrogens with one attached hydrogen (secondary N) is 1. The number of benzene rings is 1. The van der Waals surface area contributed by atoms with Crippen molar-refractivity contribution in [2.75, 3.05) is 25.0 Å². The maximum Gasteiger partial charge on any atom is 0.227 e. The van der Waals surface area contributed by atoms with E-state index < -0.39 is 0 Å². The lowest BCUT2D eigenvalue weighted by molar-refractivity contribution is -0.118. The number of carbonyl (C=O) groups excluding carboxylic acids is 1. The number of anilines is 1. The van der Waals surface area contributed by atoms with Crippen molar-refractivity contribution in [3.8, 4) is 0 Å². The van der Waals surface area contributed by atoms with Gasteiger partial charge in [0.25, 0.3) is 0 Å². The third kappa shape index (κ3) is 2.66. The molecule has 102 valence electrons. The molecule has 1 saturated heterocycles. The average Bonchev–Trinajstić information content (AvgIpc) is 2.45. The number of amides is 1. The zero-order valence-corrected chi connectivity index (χ0v) is 11.6. The molecule has 0 aromatic heterocycles. The van der Waals surface area contributed by atoms with Crippen LogP contribution < -0.4 is 10.2 Å². The van der Waals surface area contributed by atoms with Gasteiger partial charge in [-0.3, -0.25) is 4.79 Å². The van der Waals surface area contributed by atoms with E-state index in [4.69, 9.17) is 0 Å². The summed E-state index contributed by atoms with van der Waals surface area (Å²) in [6.45, 7) is 2.29. The van der Waals surface area contributed by atoms with E-state index in [2.05, 4.69) is 23.5 Å². The molecule has 3 rings (SSSR count). The molecule has 0 atom stereocenters. The topological polar surface area (TPSA) is 32.3 Å². The predicted octanol–water partition coefficient (Wildman–Crippen LogP) is 2.14. The van der Waals surface area contributed by atoms with Crippen LogP contribution in [0, 0.1) is 5.92 Å². The minimum Gasteiger partial charge on any atom is -0.317 e. The van der Waals surface area contributed by atoms with Crippen LogP contribution in [0.2, 0.25) is 0 Å². The molecule has 3 heteroatoms. The number of nitrogens with zero attached hydrogens (tertiary/aromatic N) is 1. The Hall–Kier alpha value is -1.35. The molecule has 0 spiro atoms. The maximum atomic E-state index is 11.8. The van der Waals surface area contributed by atoms with E-state index in [0.29, 0.717) is 6.42 Å². The lowest BCUT2D eigenvalue weighted by Crippen LogP contribution is -2.31. The number of carbonyl (C=O) groups is 1. The highest BCUT2D eigenvalue weighted by atomic mass is 16.2. The molecule has 1 aromatic carbocycles. The van der Waals surface area contributed by atoms with Crippen molar-refractivity contribution in [1.82, 2.24) is 5.32 Å². The van der Waals surface area contributed by atoms with E-state index in [0.717, 1.165) is 37.5 Å². The summed E-state index contributed by atoms with van der Waals surface area (Å²) in [5, 5.41) is 3.41. The molecule has 1 amide bonds. The third-order valence-electron chi connectivity index (χ3n) is 4.48. The van der Waals surface area contributed by atoms with Crippen molar-refractivity contribution in [1.29, 1.82) is 0 Å². The highest BCUT2D eigenvalue weighted by molar-refractivity contribution is 5.95. The second-order valence-electron chi connectivity index (χ2n) is 5.81. The Labute approximate surface area is 115 Å². The Balaban J connectivity index is 1.78. The fourth-order valence-corrected chi connectivity index (χ4v) is 3.22. The zero-order valence-electron chi connectivity index (χ0n) is 11.6. The summed E-state index contributed by atoms with van der Waals surface area (Å²) >= 11 is 0. The summed E-state index contributed by atoms with van der Waals surface area (Å²) < 4.78 is 0. The first-order chi connectivity index (χ1) is 9.24. The van der Waals surface area contributed by atoms with E-state index in [-0.39, 0.29) is 5.91 Å². The normalized spacial score (nSPS) is 20.5. The standard InChI is InChI=1S/C16H22N2O/c1-18-15-11-13(10-12-6-8-17-9-7-12)2-3-14(15)4-5-16(18)19/h2-3,11-12,17H,4-10H2,1H3. The maximum absolute atomic E-state index is 11.8. The van der Waals surface area contributed by atoms with Crippen LogP contribution in [-0.2, 0) is 17.6 Å². The molecule has 19 heavy (non-hydrogen) atoms. The minimum atomic E-state index is 0.242. The number of piperidine rings is 1. The number of aryl methyl sites for hydroxylation is 1.